The summed E-state index contributed by atoms with van der Waals surface area (Å²) in [6, 6.07) is 0.471. The van der Waals surface area contributed by atoms with Gasteiger partial charge in [-0.15, -0.1) is 0 Å². The van der Waals surface area contributed by atoms with Gasteiger partial charge >= 0.3 is 12.0 Å². The number of nitrogens with zero attached hydrogens (tertiary/aromatic N) is 3. The van der Waals surface area contributed by atoms with Crippen molar-refractivity contribution in [2.24, 2.45) is 0 Å². The topological polar surface area (TPSA) is 77.2 Å². The molecule has 0 spiro atoms. The fourth-order valence-corrected chi connectivity index (χ4v) is 2.67. The summed E-state index contributed by atoms with van der Waals surface area (Å²) in [4.78, 5) is 15.8. The first-order valence-electron chi connectivity index (χ1n) is 6.04. The second-order valence-electron chi connectivity index (χ2n) is 4.74. The quantitative estimate of drug-likeness (QED) is 0.828. The fourth-order valence-electron chi connectivity index (χ4n) is 2.67. The molecule has 2 heterocycles. The molecule has 1 fully saturated rings. The van der Waals surface area contributed by atoms with E-state index in [0.29, 0.717) is 31.3 Å². The van der Waals surface area contributed by atoms with E-state index in [4.69, 9.17) is 4.74 Å². The van der Waals surface area contributed by atoms with Gasteiger partial charge in [0.05, 0.1) is 6.61 Å². The summed E-state index contributed by atoms with van der Waals surface area (Å²) >= 11 is 0. The molecule has 0 unspecified atom stereocenters. The lowest BCUT2D eigenvalue weighted by molar-refractivity contribution is -0.144. The highest BCUT2D eigenvalue weighted by atomic mass is 16.5. The predicted octanol–water partition coefficient (Wildman–Crippen LogP) is 0.957. The molecule has 1 aliphatic carbocycles. The molecule has 6 nitrogen and oxygen atoms in total. The van der Waals surface area contributed by atoms with Gasteiger partial charge < -0.3 is 9.84 Å². The van der Waals surface area contributed by atoms with E-state index in [9.17, 15) is 9.90 Å². The SMILES string of the molecule is O=C(O)C1(c2nc3n(n2)CCCO3)CCCC1. The van der Waals surface area contributed by atoms with Crippen molar-refractivity contribution in [1.29, 1.82) is 0 Å². The van der Waals surface area contributed by atoms with Crippen molar-refractivity contribution in [1.82, 2.24) is 14.8 Å². The highest BCUT2D eigenvalue weighted by Crippen LogP contribution is 2.40. The first-order chi connectivity index (χ1) is 8.22. The number of fused-ring (bicyclic) bond motifs is 1. The summed E-state index contributed by atoms with van der Waals surface area (Å²) in [6.07, 6.45) is 4.02. The maximum Gasteiger partial charge on any atom is 0.317 e. The molecule has 0 aromatic carbocycles. The van der Waals surface area contributed by atoms with Crippen molar-refractivity contribution < 1.29 is 14.6 Å². The molecule has 1 aliphatic heterocycles. The molecule has 1 saturated carbocycles. The molecule has 17 heavy (non-hydrogen) atoms. The lowest BCUT2D eigenvalue weighted by atomic mass is 9.85. The Hall–Kier alpha value is -1.59. The van der Waals surface area contributed by atoms with Crippen LogP contribution in [0.4, 0.5) is 0 Å². The highest BCUT2D eigenvalue weighted by molar-refractivity contribution is 5.80. The van der Waals surface area contributed by atoms with Gasteiger partial charge in [0.2, 0.25) is 0 Å². The Balaban J connectivity index is 2.01. The number of hydrogen-bond donors (Lipinski definition) is 1. The van der Waals surface area contributed by atoms with Crippen molar-refractivity contribution in [3.8, 4) is 6.01 Å². The Kier molecular flexibility index (Phi) is 2.31. The molecule has 0 saturated heterocycles. The fraction of sp³-hybridized carbons (Fsp3) is 0.727. The first kappa shape index (κ1) is 10.6. The van der Waals surface area contributed by atoms with Gasteiger partial charge in [0.1, 0.15) is 5.41 Å². The van der Waals surface area contributed by atoms with E-state index in [1.807, 2.05) is 0 Å². The van der Waals surface area contributed by atoms with Gasteiger partial charge in [0.25, 0.3) is 0 Å². The minimum atomic E-state index is -0.881. The molecule has 0 bridgehead atoms. The van der Waals surface area contributed by atoms with E-state index >= 15 is 0 Å². The maximum absolute atomic E-state index is 11.5. The largest absolute Gasteiger partial charge is 0.480 e. The third kappa shape index (κ3) is 1.50. The molecule has 6 heteroatoms. The van der Waals surface area contributed by atoms with Gasteiger partial charge in [-0.1, -0.05) is 12.8 Å². The van der Waals surface area contributed by atoms with Gasteiger partial charge in [-0.05, 0) is 12.8 Å². The van der Waals surface area contributed by atoms with Crippen LogP contribution in [0.2, 0.25) is 0 Å². The van der Waals surface area contributed by atoms with Crippen LogP contribution in [0.3, 0.4) is 0 Å². The van der Waals surface area contributed by atoms with E-state index in [-0.39, 0.29) is 0 Å². The van der Waals surface area contributed by atoms with E-state index in [2.05, 4.69) is 10.1 Å². The van der Waals surface area contributed by atoms with Crippen molar-refractivity contribution in [2.45, 2.75) is 44.1 Å². The third-order valence-electron chi connectivity index (χ3n) is 3.68. The second kappa shape index (κ2) is 3.72. The lowest BCUT2D eigenvalue weighted by Gasteiger charge is -2.19. The number of ether oxygens (including phenoxy) is 1. The Labute approximate surface area is 98.6 Å². The minimum Gasteiger partial charge on any atom is -0.480 e. The molecular weight excluding hydrogens is 222 g/mol. The first-order valence-corrected chi connectivity index (χ1v) is 6.04. The van der Waals surface area contributed by atoms with Gasteiger partial charge in [0.15, 0.2) is 5.82 Å². The van der Waals surface area contributed by atoms with E-state index in [1.165, 1.54) is 0 Å². The summed E-state index contributed by atoms with van der Waals surface area (Å²) < 4.78 is 7.07. The summed E-state index contributed by atoms with van der Waals surface area (Å²) in [5, 5.41) is 13.8. The Bertz CT molecular complexity index is 425. The van der Waals surface area contributed by atoms with Crippen LogP contribution in [0, 0.1) is 0 Å². The van der Waals surface area contributed by atoms with E-state index in [1.54, 1.807) is 4.68 Å². The van der Waals surface area contributed by atoms with Crippen molar-refractivity contribution in [3.63, 3.8) is 0 Å². The molecule has 0 radical (unpaired) electrons. The number of carboxylic acids is 1. The number of aryl methyl sites for hydroxylation is 1. The monoisotopic (exact) mass is 237 g/mol. The molecule has 1 N–H and O–H groups in total. The van der Waals surface area contributed by atoms with Gasteiger partial charge in [-0.3, -0.25) is 4.79 Å². The Morgan fingerprint density at radius 1 is 1.35 bits per heavy atom. The van der Waals surface area contributed by atoms with E-state index < -0.39 is 11.4 Å². The van der Waals surface area contributed by atoms with Crippen LogP contribution < -0.4 is 4.74 Å². The predicted molar refractivity (Wildman–Crippen MR) is 57.9 cm³/mol. The third-order valence-corrected chi connectivity index (χ3v) is 3.68. The van der Waals surface area contributed by atoms with Crippen LogP contribution in [-0.4, -0.2) is 32.4 Å². The molecule has 92 valence electrons. The summed E-state index contributed by atoms with van der Waals surface area (Å²) in [5.74, 6) is -0.377. The maximum atomic E-state index is 11.5. The van der Waals surface area contributed by atoms with Crippen LogP contribution in [0.5, 0.6) is 6.01 Å². The average Bonchev–Trinajstić information content (AvgIpc) is 2.96. The number of rotatable bonds is 2. The van der Waals surface area contributed by atoms with E-state index in [0.717, 1.165) is 25.8 Å². The smallest absolute Gasteiger partial charge is 0.317 e. The minimum absolute atomic E-state index is 0.430. The summed E-state index contributed by atoms with van der Waals surface area (Å²) in [5.41, 5.74) is -0.881. The number of carboxylic acid groups (broad SMARTS) is 1. The summed E-state index contributed by atoms with van der Waals surface area (Å²) in [7, 11) is 0. The zero-order chi connectivity index (χ0) is 11.9. The molecule has 3 rings (SSSR count). The van der Waals surface area contributed by atoms with Crippen molar-refractivity contribution in [2.75, 3.05) is 6.61 Å². The zero-order valence-corrected chi connectivity index (χ0v) is 9.56. The van der Waals surface area contributed by atoms with Crippen molar-refractivity contribution in [3.05, 3.63) is 5.82 Å². The summed E-state index contributed by atoms with van der Waals surface area (Å²) in [6.45, 7) is 1.40. The number of hydrogen-bond acceptors (Lipinski definition) is 4. The molecule has 1 aromatic heterocycles. The number of carbonyl (C=O) groups is 1. The van der Waals surface area contributed by atoms with Crippen molar-refractivity contribution >= 4 is 5.97 Å². The van der Waals surface area contributed by atoms with Crippen LogP contribution >= 0.6 is 0 Å². The standard InChI is InChI=1S/C11H15N3O3/c15-9(16)11(4-1-2-5-11)8-12-10-14(13-8)6-3-7-17-10/h1-7H2,(H,15,16). The number of aliphatic carboxylic acids is 1. The molecule has 0 atom stereocenters. The Morgan fingerprint density at radius 3 is 2.76 bits per heavy atom. The Morgan fingerprint density at radius 2 is 2.12 bits per heavy atom. The average molecular weight is 237 g/mol. The molecule has 0 amide bonds. The zero-order valence-electron chi connectivity index (χ0n) is 9.56. The van der Waals surface area contributed by atoms with Crippen LogP contribution in [0.1, 0.15) is 37.9 Å². The van der Waals surface area contributed by atoms with Gasteiger partial charge in [-0.2, -0.15) is 10.1 Å². The van der Waals surface area contributed by atoms with Crippen LogP contribution in [0.25, 0.3) is 0 Å². The van der Waals surface area contributed by atoms with Crippen LogP contribution in [-0.2, 0) is 16.8 Å². The normalized spacial score (nSPS) is 21.9. The number of aromatic nitrogens is 3. The molecule has 1 aromatic rings. The van der Waals surface area contributed by atoms with Crippen LogP contribution in [0.15, 0.2) is 0 Å². The van der Waals surface area contributed by atoms with Gasteiger partial charge in [0, 0.05) is 13.0 Å². The highest BCUT2D eigenvalue weighted by Gasteiger charge is 2.47. The molecule has 2 aliphatic rings. The molecular formula is C11H15N3O3. The second-order valence-corrected chi connectivity index (χ2v) is 4.74. The van der Waals surface area contributed by atoms with Gasteiger partial charge in [-0.25, -0.2) is 4.68 Å². The lowest BCUT2D eigenvalue weighted by Crippen LogP contribution is -2.34.